The molecule has 2 aromatic carbocycles. The van der Waals surface area contributed by atoms with E-state index in [1.807, 2.05) is 36.4 Å². The summed E-state index contributed by atoms with van der Waals surface area (Å²) in [6.07, 6.45) is 2.07. The second-order valence-corrected chi connectivity index (χ2v) is 9.41. The first-order chi connectivity index (χ1) is 15.2. The van der Waals surface area contributed by atoms with Gasteiger partial charge in [-0.05, 0) is 88.0 Å². The number of aliphatic hydroxyl groups excluding tert-OH is 1. The summed E-state index contributed by atoms with van der Waals surface area (Å²) in [7, 11) is 0. The number of benzene rings is 2. The zero-order valence-electron chi connectivity index (χ0n) is 19.3. The molecule has 5 nitrogen and oxygen atoms in total. The number of amides is 1. The van der Waals surface area contributed by atoms with Gasteiger partial charge in [-0.25, -0.2) is 4.39 Å². The van der Waals surface area contributed by atoms with Gasteiger partial charge in [0.25, 0.3) is 5.91 Å². The minimum Gasteiger partial charge on any atom is -0.493 e. The van der Waals surface area contributed by atoms with E-state index in [9.17, 15) is 9.18 Å². The van der Waals surface area contributed by atoms with Crippen molar-refractivity contribution in [3.8, 4) is 16.9 Å². The fraction of sp³-hybridized carbons (Fsp3) is 0.500. The number of likely N-dealkylation sites (tertiary alicyclic amines) is 1. The van der Waals surface area contributed by atoms with E-state index < -0.39 is 5.67 Å². The fourth-order valence-electron chi connectivity index (χ4n) is 3.97. The number of aliphatic hydroxyl groups is 1. The molecular formula is C26H35FN2O3. The maximum atomic E-state index is 13.8. The number of carbonyl (C=O) groups excluding carboxylic acids is 1. The fourth-order valence-corrected chi connectivity index (χ4v) is 3.97. The van der Waals surface area contributed by atoms with E-state index in [1.54, 1.807) is 32.9 Å². The Morgan fingerprint density at radius 3 is 2.22 bits per heavy atom. The van der Waals surface area contributed by atoms with E-state index >= 15 is 0 Å². The van der Waals surface area contributed by atoms with Gasteiger partial charge in [0, 0.05) is 18.2 Å². The van der Waals surface area contributed by atoms with Gasteiger partial charge < -0.3 is 20.1 Å². The van der Waals surface area contributed by atoms with Crippen molar-refractivity contribution >= 4 is 5.91 Å². The Morgan fingerprint density at radius 2 is 1.69 bits per heavy atom. The van der Waals surface area contributed by atoms with Crippen LogP contribution in [-0.4, -0.2) is 60.5 Å². The Morgan fingerprint density at radius 1 is 1.12 bits per heavy atom. The normalized spacial score (nSPS) is 16.5. The zero-order valence-corrected chi connectivity index (χ0v) is 19.3. The molecule has 32 heavy (non-hydrogen) atoms. The van der Waals surface area contributed by atoms with Crippen molar-refractivity contribution in [1.82, 2.24) is 10.2 Å². The molecule has 1 saturated heterocycles. The van der Waals surface area contributed by atoms with E-state index in [4.69, 9.17) is 9.84 Å². The van der Waals surface area contributed by atoms with E-state index in [0.29, 0.717) is 24.6 Å². The predicted octanol–water partition coefficient (Wildman–Crippen LogP) is 4.30. The van der Waals surface area contributed by atoms with Crippen LogP contribution in [0.3, 0.4) is 0 Å². The summed E-state index contributed by atoms with van der Waals surface area (Å²) in [6, 6.07) is 15.1. The van der Waals surface area contributed by atoms with E-state index in [1.165, 1.54) is 0 Å². The molecule has 2 aromatic rings. The van der Waals surface area contributed by atoms with Gasteiger partial charge in [0.1, 0.15) is 11.4 Å². The summed E-state index contributed by atoms with van der Waals surface area (Å²) in [5.74, 6) is 1.15. The van der Waals surface area contributed by atoms with Crippen molar-refractivity contribution < 1.29 is 19.0 Å². The van der Waals surface area contributed by atoms with Crippen LogP contribution in [0, 0.1) is 5.92 Å². The van der Waals surface area contributed by atoms with E-state index in [0.717, 1.165) is 42.8 Å². The number of ether oxygens (including phenoxy) is 1. The Labute approximate surface area is 190 Å². The number of alkyl halides is 1. The standard InChI is InChI=1S/C26H35FN2O3/c1-19(16-30)28-25(31)23-6-4-21(5-7-23)22-8-10-24(11-9-22)32-17-20-12-14-29(15-13-20)18-26(2,3)27/h4-11,19-20,30H,12-18H2,1-3H3,(H,28,31). The molecule has 1 aliphatic rings. The van der Waals surface area contributed by atoms with Gasteiger partial charge in [0.2, 0.25) is 0 Å². The first-order valence-corrected chi connectivity index (χ1v) is 11.4. The molecule has 3 rings (SSSR count). The van der Waals surface area contributed by atoms with Crippen molar-refractivity contribution in [2.75, 3.05) is 32.8 Å². The molecule has 0 aromatic heterocycles. The van der Waals surface area contributed by atoms with E-state index in [-0.39, 0.29) is 18.6 Å². The van der Waals surface area contributed by atoms with Crippen molar-refractivity contribution in [3.63, 3.8) is 0 Å². The molecule has 6 heteroatoms. The number of piperidine rings is 1. The first kappa shape index (κ1) is 24.2. The lowest BCUT2D eigenvalue weighted by atomic mass is 9.97. The van der Waals surface area contributed by atoms with Crippen molar-refractivity contribution in [3.05, 3.63) is 54.1 Å². The maximum Gasteiger partial charge on any atom is 0.251 e. The van der Waals surface area contributed by atoms with Crippen LogP contribution >= 0.6 is 0 Å². The van der Waals surface area contributed by atoms with Gasteiger partial charge in [-0.15, -0.1) is 0 Å². The van der Waals surface area contributed by atoms with Crippen LogP contribution < -0.4 is 10.1 Å². The summed E-state index contributed by atoms with van der Waals surface area (Å²) >= 11 is 0. The second-order valence-electron chi connectivity index (χ2n) is 9.41. The number of nitrogens with one attached hydrogen (secondary N) is 1. The molecule has 1 unspecified atom stereocenters. The predicted molar refractivity (Wildman–Crippen MR) is 126 cm³/mol. The van der Waals surface area contributed by atoms with Crippen molar-refractivity contribution in [2.24, 2.45) is 5.92 Å². The Kier molecular flexibility index (Phi) is 8.26. The third-order valence-corrected chi connectivity index (χ3v) is 5.78. The lowest BCUT2D eigenvalue weighted by Crippen LogP contribution is -2.41. The van der Waals surface area contributed by atoms with Gasteiger partial charge >= 0.3 is 0 Å². The van der Waals surface area contributed by atoms with Crippen LogP contribution in [-0.2, 0) is 0 Å². The molecule has 1 fully saturated rings. The lowest BCUT2D eigenvalue weighted by Gasteiger charge is -2.34. The Bertz CT molecular complexity index is 854. The molecule has 1 aliphatic heterocycles. The minimum absolute atomic E-state index is 0.0884. The van der Waals surface area contributed by atoms with Crippen LogP contribution in [0.4, 0.5) is 4.39 Å². The molecule has 1 heterocycles. The van der Waals surface area contributed by atoms with Gasteiger partial charge in [0.05, 0.1) is 13.2 Å². The summed E-state index contributed by atoms with van der Waals surface area (Å²) in [6.45, 7) is 7.96. The molecule has 0 bridgehead atoms. The van der Waals surface area contributed by atoms with E-state index in [2.05, 4.69) is 10.2 Å². The van der Waals surface area contributed by atoms with Crippen LogP contribution in [0.2, 0.25) is 0 Å². The monoisotopic (exact) mass is 442 g/mol. The number of carbonyl (C=O) groups is 1. The third-order valence-electron chi connectivity index (χ3n) is 5.78. The van der Waals surface area contributed by atoms with Crippen LogP contribution in [0.15, 0.2) is 48.5 Å². The summed E-state index contributed by atoms with van der Waals surface area (Å²) in [5, 5.41) is 11.8. The number of rotatable bonds is 9. The van der Waals surface area contributed by atoms with Gasteiger partial charge in [0.15, 0.2) is 0 Å². The van der Waals surface area contributed by atoms with Crippen LogP contribution in [0.25, 0.3) is 11.1 Å². The summed E-state index contributed by atoms with van der Waals surface area (Å²) in [4.78, 5) is 14.3. The second kappa shape index (κ2) is 10.9. The smallest absolute Gasteiger partial charge is 0.251 e. The highest BCUT2D eigenvalue weighted by Crippen LogP contribution is 2.25. The number of halogens is 1. The van der Waals surface area contributed by atoms with Crippen LogP contribution in [0.5, 0.6) is 5.75 Å². The average Bonchev–Trinajstić information content (AvgIpc) is 2.78. The van der Waals surface area contributed by atoms with Gasteiger partial charge in [-0.1, -0.05) is 24.3 Å². The maximum absolute atomic E-state index is 13.8. The molecule has 1 atom stereocenters. The number of hydrogen-bond acceptors (Lipinski definition) is 4. The highest BCUT2D eigenvalue weighted by molar-refractivity contribution is 5.94. The number of hydrogen-bond donors (Lipinski definition) is 2. The minimum atomic E-state index is -1.14. The molecule has 0 aliphatic carbocycles. The van der Waals surface area contributed by atoms with Crippen molar-refractivity contribution in [1.29, 1.82) is 0 Å². The van der Waals surface area contributed by atoms with Gasteiger partial charge in [-0.3, -0.25) is 4.79 Å². The van der Waals surface area contributed by atoms with Crippen LogP contribution in [0.1, 0.15) is 44.0 Å². The third kappa shape index (κ3) is 7.31. The molecular weight excluding hydrogens is 407 g/mol. The molecule has 0 radical (unpaired) electrons. The molecule has 1 amide bonds. The molecule has 0 saturated carbocycles. The summed E-state index contributed by atoms with van der Waals surface area (Å²) < 4.78 is 19.8. The molecule has 174 valence electrons. The summed E-state index contributed by atoms with van der Waals surface area (Å²) in [5.41, 5.74) is 1.49. The largest absolute Gasteiger partial charge is 0.493 e. The highest BCUT2D eigenvalue weighted by atomic mass is 19.1. The highest BCUT2D eigenvalue weighted by Gasteiger charge is 2.25. The quantitative estimate of drug-likeness (QED) is 0.608. The average molecular weight is 443 g/mol. The van der Waals surface area contributed by atoms with Gasteiger partial charge in [-0.2, -0.15) is 0 Å². The number of nitrogens with zero attached hydrogens (tertiary/aromatic N) is 1. The zero-order chi connectivity index (χ0) is 23.1. The topological polar surface area (TPSA) is 61.8 Å². The first-order valence-electron chi connectivity index (χ1n) is 11.4. The lowest BCUT2D eigenvalue weighted by molar-refractivity contribution is 0.0836. The Hall–Kier alpha value is -2.44. The molecule has 2 N–H and O–H groups in total. The Balaban J connectivity index is 1.48. The SMILES string of the molecule is CC(CO)NC(=O)c1ccc(-c2ccc(OCC3CCN(CC(C)(C)F)CC3)cc2)cc1. The molecule has 0 spiro atoms. The van der Waals surface area contributed by atoms with Crippen molar-refractivity contribution in [2.45, 2.75) is 45.3 Å².